The average molecular weight is 470 g/mol. The fraction of sp³-hybridized carbons (Fsp3) is 0.321. The molecular formula is C28H27N3O4. The van der Waals surface area contributed by atoms with E-state index in [-0.39, 0.29) is 17.7 Å². The van der Waals surface area contributed by atoms with Crippen molar-refractivity contribution in [1.82, 2.24) is 10.2 Å². The summed E-state index contributed by atoms with van der Waals surface area (Å²) in [4.78, 5) is 41.4. The molecule has 5 rings (SSSR count). The van der Waals surface area contributed by atoms with Gasteiger partial charge in [-0.15, -0.1) is 5.10 Å². The Labute approximate surface area is 204 Å². The van der Waals surface area contributed by atoms with E-state index in [1.54, 1.807) is 31.2 Å². The van der Waals surface area contributed by atoms with Crippen molar-refractivity contribution in [3.63, 3.8) is 0 Å². The zero-order valence-electron chi connectivity index (χ0n) is 20.0. The first-order valence-corrected chi connectivity index (χ1v) is 11.9. The van der Waals surface area contributed by atoms with Crippen LogP contribution >= 0.6 is 0 Å². The smallest absolute Gasteiger partial charge is 0.297 e. The number of amides is 1. The van der Waals surface area contributed by atoms with E-state index < -0.39 is 23.7 Å². The Hall–Kier alpha value is -3.87. The van der Waals surface area contributed by atoms with Gasteiger partial charge in [0.05, 0.1) is 17.8 Å². The zero-order chi connectivity index (χ0) is 24.7. The minimum absolute atomic E-state index is 0.239. The summed E-state index contributed by atoms with van der Waals surface area (Å²) in [5, 5.41) is 8.21. The summed E-state index contributed by atoms with van der Waals surface area (Å²) >= 11 is 0. The van der Waals surface area contributed by atoms with Crippen LogP contribution in [-0.4, -0.2) is 33.8 Å². The minimum atomic E-state index is -1.19. The van der Waals surface area contributed by atoms with Gasteiger partial charge < -0.3 is 4.74 Å². The molecule has 1 saturated carbocycles. The number of ketones is 2. The van der Waals surface area contributed by atoms with Gasteiger partial charge in [-0.2, -0.15) is 5.10 Å². The summed E-state index contributed by atoms with van der Waals surface area (Å²) in [5.74, 6) is -1.80. The van der Waals surface area contributed by atoms with Gasteiger partial charge in [0.1, 0.15) is 11.7 Å². The van der Waals surface area contributed by atoms with Crippen molar-refractivity contribution in [1.29, 1.82) is 0 Å². The highest BCUT2D eigenvalue weighted by molar-refractivity contribution is 6.48. The van der Waals surface area contributed by atoms with Gasteiger partial charge >= 0.3 is 0 Å². The maximum absolute atomic E-state index is 13.7. The molecule has 2 fully saturated rings. The Morgan fingerprint density at radius 2 is 1.63 bits per heavy atom. The lowest BCUT2D eigenvalue weighted by molar-refractivity contribution is -0.135. The number of hydrogen-bond acceptors (Lipinski definition) is 6. The Kier molecular flexibility index (Phi) is 5.93. The van der Waals surface area contributed by atoms with Crippen molar-refractivity contribution in [3.05, 3.63) is 83.0 Å². The van der Waals surface area contributed by atoms with Crippen molar-refractivity contribution < 1.29 is 19.1 Å². The monoisotopic (exact) mass is 469 g/mol. The zero-order valence-corrected chi connectivity index (χ0v) is 20.0. The number of rotatable bonds is 7. The van der Waals surface area contributed by atoms with Crippen molar-refractivity contribution in [3.8, 4) is 5.75 Å². The molecule has 3 aromatic rings. The van der Waals surface area contributed by atoms with E-state index in [0.29, 0.717) is 22.7 Å². The van der Waals surface area contributed by atoms with Crippen molar-refractivity contribution >= 4 is 23.3 Å². The molecule has 1 aromatic heterocycles. The second kappa shape index (κ2) is 9.06. The standard InChI is InChI=1S/C28H27N3O4/c1-16(2)18-5-7-20(8-6-18)26(32)24-25(19-9-11-21(12-10-19)35-22-13-14-22)31(28(34)27(24)33)23-15-4-17(3)29-30-23/h4-12,15-16,22,24-25H,13-14H2,1-3H3. The number of hydrogen-bond donors (Lipinski definition) is 0. The van der Waals surface area contributed by atoms with Gasteiger partial charge in [0, 0.05) is 5.56 Å². The molecule has 35 heavy (non-hydrogen) atoms. The van der Waals surface area contributed by atoms with Crippen LogP contribution in [0.2, 0.25) is 0 Å². The van der Waals surface area contributed by atoms with E-state index >= 15 is 0 Å². The Morgan fingerprint density at radius 1 is 0.943 bits per heavy atom. The molecule has 0 radical (unpaired) electrons. The summed E-state index contributed by atoms with van der Waals surface area (Å²) in [7, 11) is 0. The van der Waals surface area contributed by atoms with Crippen LogP contribution in [0.3, 0.4) is 0 Å². The summed E-state index contributed by atoms with van der Waals surface area (Å²) in [6.45, 7) is 5.93. The van der Waals surface area contributed by atoms with Crippen LogP contribution in [0.1, 0.15) is 65.8 Å². The minimum Gasteiger partial charge on any atom is -0.490 e. The molecular weight excluding hydrogens is 442 g/mol. The molecule has 1 aliphatic heterocycles. The third-order valence-corrected chi connectivity index (χ3v) is 6.53. The highest BCUT2D eigenvalue weighted by Gasteiger charge is 2.53. The maximum atomic E-state index is 13.7. The van der Waals surface area contributed by atoms with Crippen molar-refractivity contribution in [2.45, 2.75) is 51.7 Å². The SMILES string of the molecule is Cc1ccc(N2C(=O)C(=O)C(C(=O)c3ccc(C(C)C)cc3)C2c2ccc(OC3CC3)cc2)nn1. The average Bonchev–Trinajstić information content (AvgIpc) is 3.64. The number of Topliss-reactive ketones (excluding diaryl/α,β-unsaturated/α-hetero) is 2. The number of carbonyl (C=O) groups excluding carboxylic acids is 3. The molecule has 0 bridgehead atoms. The molecule has 1 amide bonds. The predicted molar refractivity (Wildman–Crippen MR) is 130 cm³/mol. The number of ether oxygens (including phenoxy) is 1. The van der Waals surface area contributed by atoms with E-state index in [0.717, 1.165) is 24.2 Å². The first-order chi connectivity index (χ1) is 16.8. The lowest BCUT2D eigenvalue weighted by Gasteiger charge is -2.26. The largest absolute Gasteiger partial charge is 0.490 e. The summed E-state index contributed by atoms with van der Waals surface area (Å²) in [6, 6.07) is 17.0. The van der Waals surface area contributed by atoms with Crippen LogP contribution in [-0.2, 0) is 9.59 Å². The second-order valence-corrected chi connectivity index (χ2v) is 9.52. The van der Waals surface area contributed by atoms with E-state index in [9.17, 15) is 14.4 Å². The first kappa shape index (κ1) is 22.9. The topological polar surface area (TPSA) is 89.5 Å². The highest BCUT2D eigenvalue weighted by atomic mass is 16.5. The van der Waals surface area contributed by atoms with Crippen LogP contribution in [0.4, 0.5) is 5.82 Å². The number of anilines is 1. The number of nitrogens with zero attached hydrogens (tertiary/aromatic N) is 3. The van der Waals surface area contributed by atoms with Crippen LogP contribution in [0.5, 0.6) is 5.75 Å². The number of aryl methyl sites for hydroxylation is 1. The number of carbonyl (C=O) groups is 3. The first-order valence-electron chi connectivity index (χ1n) is 11.9. The van der Waals surface area contributed by atoms with Gasteiger partial charge in [0.15, 0.2) is 11.6 Å². The van der Waals surface area contributed by atoms with Gasteiger partial charge in [-0.3, -0.25) is 19.3 Å². The predicted octanol–water partition coefficient (Wildman–Crippen LogP) is 4.61. The van der Waals surface area contributed by atoms with E-state index in [2.05, 4.69) is 24.0 Å². The highest BCUT2D eigenvalue weighted by Crippen LogP contribution is 2.41. The molecule has 2 aliphatic rings. The Morgan fingerprint density at radius 3 is 2.20 bits per heavy atom. The third-order valence-electron chi connectivity index (χ3n) is 6.53. The molecule has 7 nitrogen and oxygen atoms in total. The molecule has 178 valence electrons. The lowest BCUT2D eigenvalue weighted by atomic mass is 9.86. The molecule has 2 aromatic carbocycles. The molecule has 1 aliphatic carbocycles. The fourth-order valence-electron chi connectivity index (χ4n) is 4.38. The van der Waals surface area contributed by atoms with E-state index in [1.165, 1.54) is 4.90 Å². The Bertz CT molecular complexity index is 1260. The number of benzene rings is 2. The van der Waals surface area contributed by atoms with Gasteiger partial charge in [-0.25, -0.2) is 0 Å². The van der Waals surface area contributed by atoms with Gasteiger partial charge in [0.25, 0.3) is 5.91 Å². The lowest BCUT2D eigenvalue weighted by Crippen LogP contribution is -2.31. The van der Waals surface area contributed by atoms with E-state index in [1.807, 2.05) is 36.4 Å². The molecule has 2 unspecified atom stereocenters. The normalized spacial score (nSPS) is 19.9. The van der Waals surface area contributed by atoms with Gasteiger partial charge in [-0.05, 0) is 61.1 Å². The van der Waals surface area contributed by atoms with Crippen molar-refractivity contribution in [2.75, 3.05) is 4.90 Å². The second-order valence-electron chi connectivity index (χ2n) is 9.52. The maximum Gasteiger partial charge on any atom is 0.297 e. The van der Waals surface area contributed by atoms with Crippen molar-refractivity contribution in [2.24, 2.45) is 5.92 Å². The van der Waals surface area contributed by atoms with Gasteiger partial charge in [0.2, 0.25) is 5.78 Å². The number of aromatic nitrogens is 2. The summed E-state index contributed by atoms with van der Waals surface area (Å²) < 4.78 is 5.85. The fourth-order valence-corrected chi connectivity index (χ4v) is 4.38. The van der Waals surface area contributed by atoms with Crippen LogP contribution < -0.4 is 9.64 Å². The molecule has 7 heteroatoms. The van der Waals surface area contributed by atoms with Crippen LogP contribution in [0.25, 0.3) is 0 Å². The van der Waals surface area contributed by atoms with Crippen LogP contribution in [0.15, 0.2) is 60.7 Å². The quantitative estimate of drug-likeness (QED) is 0.285. The molecule has 0 spiro atoms. The van der Waals surface area contributed by atoms with Crippen LogP contribution in [0, 0.1) is 12.8 Å². The van der Waals surface area contributed by atoms with Gasteiger partial charge in [-0.1, -0.05) is 50.2 Å². The van der Waals surface area contributed by atoms with E-state index in [4.69, 9.17) is 4.74 Å². The molecule has 2 heterocycles. The summed E-state index contributed by atoms with van der Waals surface area (Å²) in [5.41, 5.74) is 2.83. The molecule has 2 atom stereocenters. The summed E-state index contributed by atoms with van der Waals surface area (Å²) in [6.07, 6.45) is 2.33. The third kappa shape index (κ3) is 4.46. The molecule has 1 saturated heterocycles. The molecule has 0 N–H and O–H groups in total. The Balaban J connectivity index is 1.55.